The second-order valence-corrected chi connectivity index (χ2v) is 9.15. The maximum absolute atomic E-state index is 12.2. The van der Waals surface area contributed by atoms with Crippen molar-refractivity contribution in [2.45, 2.75) is 45.4 Å². The molecule has 3 heterocycles. The third-order valence-corrected chi connectivity index (χ3v) is 5.97. The second-order valence-electron chi connectivity index (χ2n) is 8.20. The van der Waals surface area contributed by atoms with Gasteiger partial charge >= 0.3 is 6.09 Å². The molecule has 25 heavy (non-hydrogen) atoms. The smallest absolute Gasteiger partial charge is 0.410 e. The molecule has 1 aliphatic carbocycles. The first-order valence-corrected chi connectivity index (χ1v) is 9.77. The molecule has 2 fully saturated rings. The second kappa shape index (κ2) is 5.95. The van der Waals surface area contributed by atoms with Gasteiger partial charge in [-0.3, -0.25) is 4.98 Å². The number of fused-ring (bicyclic) bond motifs is 2. The van der Waals surface area contributed by atoms with Crippen molar-refractivity contribution in [3.8, 4) is 0 Å². The normalized spacial score (nSPS) is 26.6. The van der Waals surface area contributed by atoms with Crippen LogP contribution in [0.2, 0.25) is 0 Å². The fourth-order valence-corrected chi connectivity index (χ4v) is 4.52. The zero-order valence-corrected chi connectivity index (χ0v) is 16.0. The van der Waals surface area contributed by atoms with Crippen LogP contribution in [0, 0.1) is 11.8 Å². The Morgan fingerprint density at radius 1 is 1.40 bits per heavy atom. The highest BCUT2D eigenvalue weighted by atomic mass is 32.1. The van der Waals surface area contributed by atoms with Crippen LogP contribution in [0.5, 0.6) is 0 Å². The number of nitrogens with zero attached hydrogens (tertiary/aromatic N) is 2. The summed E-state index contributed by atoms with van der Waals surface area (Å²) in [4.78, 5) is 18.5. The van der Waals surface area contributed by atoms with E-state index in [0.29, 0.717) is 17.9 Å². The van der Waals surface area contributed by atoms with Crippen molar-refractivity contribution in [3.63, 3.8) is 0 Å². The molecule has 3 unspecified atom stereocenters. The molecule has 1 aliphatic heterocycles. The molecule has 1 saturated heterocycles. The largest absolute Gasteiger partial charge is 0.444 e. The fraction of sp³-hybridized carbons (Fsp3) is 0.579. The average Bonchev–Trinajstić information content (AvgIpc) is 2.97. The van der Waals surface area contributed by atoms with Crippen LogP contribution in [0.4, 0.5) is 4.79 Å². The topological polar surface area (TPSA) is 54.5 Å². The Kier molecular flexibility index (Phi) is 4.00. The van der Waals surface area contributed by atoms with Crippen molar-refractivity contribution in [3.05, 3.63) is 29.3 Å². The standard InChI is InChI=1S/C19H25N3O2S/c1-11(12-7-16-15(20-8-12)5-6-25-16)21-17-13-9-22(10-14(13)17)18(23)24-19(2,3)4/h5-8,11,13-14,17,21H,9-10H2,1-4H3. The van der Waals surface area contributed by atoms with E-state index in [4.69, 9.17) is 4.74 Å². The Labute approximate surface area is 152 Å². The highest BCUT2D eigenvalue weighted by Gasteiger charge is 2.57. The Balaban J connectivity index is 1.32. The van der Waals surface area contributed by atoms with Gasteiger partial charge in [-0.1, -0.05) is 0 Å². The molecule has 0 spiro atoms. The van der Waals surface area contributed by atoms with Crippen LogP contribution in [-0.2, 0) is 4.74 Å². The predicted octanol–water partition coefficient (Wildman–Crippen LogP) is 3.81. The first-order valence-electron chi connectivity index (χ1n) is 8.89. The summed E-state index contributed by atoms with van der Waals surface area (Å²) in [6.07, 6.45) is 1.79. The SMILES string of the molecule is CC(NC1C2CN(C(=O)OC(C)(C)C)CC21)c1cnc2ccsc2c1. The van der Waals surface area contributed by atoms with Gasteiger partial charge in [-0.2, -0.15) is 0 Å². The van der Waals surface area contributed by atoms with Crippen molar-refractivity contribution < 1.29 is 9.53 Å². The van der Waals surface area contributed by atoms with E-state index in [9.17, 15) is 4.79 Å². The molecule has 134 valence electrons. The molecule has 0 aromatic carbocycles. The Bertz CT molecular complexity index is 785. The number of carbonyl (C=O) groups excluding carboxylic acids is 1. The zero-order chi connectivity index (χ0) is 17.8. The van der Waals surface area contributed by atoms with Crippen molar-refractivity contribution in [1.82, 2.24) is 15.2 Å². The molecule has 4 rings (SSSR count). The summed E-state index contributed by atoms with van der Waals surface area (Å²) in [7, 11) is 0. The Morgan fingerprint density at radius 2 is 2.12 bits per heavy atom. The number of piperidine rings is 1. The minimum Gasteiger partial charge on any atom is -0.444 e. The number of nitrogens with one attached hydrogen (secondary N) is 1. The number of ether oxygens (including phenoxy) is 1. The van der Waals surface area contributed by atoms with E-state index in [-0.39, 0.29) is 12.1 Å². The van der Waals surface area contributed by atoms with E-state index in [1.807, 2.05) is 31.9 Å². The minimum absolute atomic E-state index is 0.182. The van der Waals surface area contributed by atoms with Crippen LogP contribution in [0.1, 0.15) is 39.3 Å². The molecule has 1 saturated carbocycles. The van der Waals surface area contributed by atoms with Gasteiger partial charge in [-0.25, -0.2) is 4.79 Å². The number of pyridine rings is 1. The zero-order valence-electron chi connectivity index (χ0n) is 15.2. The summed E-state index contributed by atoms with van der Waals surface area (Å²) in [6, 6.07) is 5.05. The van der Waals surface area contributed by atoms with Gasteiger partial charge in [-0.15, -0.1) is 11.3 Å². The number of amides is 1. The van der Waals surface area contributed by atoms with Crippen molar-refractivity contribution in [2.75, 3.05) is 13.1 Å². The van der Waals surface area contributed by atoms with Crippen molar-refractivity contribution >= 4 is 27.6 Å². The van der Waals surface area contributed by atoms with E-state index >= 15 is 0 Å². The molecule has 0 radical (unpaired) electrons. The molecule has 1 N–H and O–H groups in total. The molecular formula is C19H25N3O2S. The predicted molar refractivity (Wildman–Crippen MR) is 99.7 cm³/mol. The number of rotatable bonds is 3. The van der Waals surface area contributed by atoms with Crippen molar-refractivity contribution in [2.24, 2.45) is 11.8 Å². The number of aromatic nitrogens is 1. The van der Waals surface area contributed by atoms with Gasteiger partial charge in [0.15, 0.2) is 0 Å². The first kappa shape index (κ1) is 16.8. The molecule has 3 atom stereocenters. The van der Waals surface area contributed by atoms with Crippen LogP contribution >= 0.6 is 11.3 Å². The number of likely N-dealkylation sites (tertiary alicyclic amines) is 1. The molecule has 2 aliphatic rings. The summed E-state index contributed by atoms with van der Waals surface area (Å²) < 4.78 is 6.70. The van der Waals surface area contributed by atoms with Gasteiger partial charge in [0.1, 0.15) is 5.60 Å². The monoisotopic (exact) mass is 359 g/mol. The number of hydrogen-bond donors (Lipinski definition) is 1. The summed E-state index contributed by atoms with van der Waals surface area (Å²) in [5, 5.41) is 5.80. The maximum Gasteiger partial charge on any atom is 0.410 e. The Morgan fingerprint density at radius 3 is 2.80 bits per heavy atom. The van der Waals surface area contributed by atoms with Gasteiger partial charge in [0.05, 0.1) is 10.2 Å². The van der Waals surface area contributed by atoms with Gasteiger partial charge in [0, 0.05) is 31.4 Å². The highest BCUT2D eigenvalue weighted by molar-refractivity contribution is 7.17. The highest BCUT2D eigenvalue weighted by Crippen LogP contribution is 2.46. The lowest BCUT2D eigenvalue weighted by Gasteiger charge is -2.26. The molecule has 1 amide bonds. The van der Waals surface area contributed by atoms with E-state index < -0.39 is 5.60 Å². The molecule has 2 aromatic rings. The van der Waals surface area contributed by atoms with Gasteiger partial charge < -0.3 is 15.0 Å². The maximum atomic E-state index is 12.2. The van der Waals surface area contributed by atoms with Gasteiger partial charge in [-0.05, 0) is 62.6 Å². The minimum atomic E-state index is -0.427. The van der Waals surface area contributed by atoms with Crippen LogP contribution < -0.4 is 5.32 Å². The quantitative estimate of drug-likeness (QED) is 0.905. The molecule has 0 bridgehead atoms. The summed E-state index contributed by atoms with van der Waals surface area (Å²) in [6.45, 7) is 9.51. The Hall–Kier alpha value is -1.66. The molecular weight excluding hydrogens is 334 g/mol. The van der Waals surface area contributed by atoms with Crippen molar-refractivity contribution in [1.29, 1.82) is 0 Å². The van der Waals surface area contributed by atoms with Crippen LogP contribution in [0.15, 0.2) is 23.7 Å². The average molecular weight is 359 g/mol. The summed E-state index contributed by atoms with van der Waals surface area (Å²) >= 11 is 1.73. The third kappa shape index (κ3) is 3.37. The van der Waals surface area contributed by atoms with Crippen LogP contribution in [0.25, 0.3) is 10.2 Å². The van der Waals surface area contributed by atoms with Crippen LogP contribution in [-0.4, -0.2) is 40.7 Å². The lowest BCUT2D eigenvalue weighted by molar-refractivity contribution is 0.0269. The summed E-state index contributed by atoms with van der Waals surface area (Å²) in [5.41, 5.74) is 1.87. The van der Waals surface area contributed by atoms with E-state index in [0.717, 1.165) is 18.6 Å². The van der Waals surface area contributed by atoms with E-state index in [1.54, 1.807) is 11.3 Å². The molecule has 6 heteroatoms. The van der Waals surface area contributed by atoms with Gasteiger partial charge in [0.2, 0.25) is 0 Å². The number of thiophene rings is 1. The molecule has 2 aromatic heterocycles. The van der Waals surface area contributed by atoms with Gasteiger partial charge in [0.25, 0.3) is 0 Å². The fourth-order valence-electron chi connectivity index (χ4n) is 3.73. The van der Waals surface area contributed by atoms with Crippen LogP contribution in [0.3, 0.4) is 0 Å². The number of hydrogen-bond acceptors (Lipinski definition) is 5. The molecule has 5 nitrogen and oxygen atoms in total. The number of carbonyl (C=O) groups is 1. The van der Waals surface area contributed by atoms with E-state index in [2.05, 4.69) is 34.7 Å². The van der Waals surface area contributed by atoms with E-state index in [1.165, 1.54) is 10.3 Å². The third-order valence-electron chi connectivity index (χ3n) is 5.11. The lowest BCUT2D eigenvalue weighted by atomic mass is 10.1. The first-order chi connectivity index (χ1) is 11.8. The lowest BCUT2D eigenvalue weighted by Crippen LogP contribution is -2.39. The summed E-state index contributed by atoms with van der Waals surface area (Å²) in [5.74, 6) is 1.10.